The summed E-state index contributed by atoms with van der Waals surface area (Å²) >= 11 is 0. The van der Waals surface area contributed by atoms with Crippen molar-refractivity contribution in [2.45, 2.75) is 19.9 Å². The zero-order valence-electron chi connectivity index (χ0n) is 11.6. The molecule has 0 aliphatic rings. The fourth-order valence-electron chi connectivity index (χ4n) is 2.12. The van der Waals surface area contributed by atoms with E-state index in [2.05, 4.69) is 0 Å². The number of para-hydroxylation sites is 2. The summed E-state index contributed by atoms with van der Waals surface area (Å²) in [4.78, 5) is 36.0. The highest BCUT2D eigenvalue weighted by Gasteiger charge is 2.19. The van der Waals surface area contributed by atoms with Crippen molar-refractivity contribution >= 4 is 23.0 Å². The van der Waals surface area contributed by atoms with Crippen LogP contribution < -0.4 is 5.76 Å². The second-order valence-electron chi connectivity index (χ2n) is 4.63. The third kappa shape index (κ3) is 3.31. The van der Waals surface area contributed by atoms with Crippen LogP contribution in [0.4, 0.5) is 0 Å². The average Bonchev–Trinajstić information content (AvgIpc) is 2.74. The number of carboxylic acids is 1. The van der Waals surface area contributed by atoms with Gasteiger partial charge >= 0.3 is 11.7 Å². The summed E-state index contributed by atoms with van der Waals surface area (Å²) in [5, 5.41) is 8.83. The maximum absolute atomic E-state index is 12.2. The predicted octanol–water partition coefficient (Wildman–Crippen LogP) is 0.918. The Morgan fingerprint density at radius 1 is 1.33 bits per heavy atom. The molecule has 2 rings (SSSR count). The van der Waals surface area contributed by atoms with Crippen LogP contribution >= 0.6 is 0 Å². The van der Waals surface area contributed by atoms with Crippen molar-refractivity contribution in [1.29, 1.82) is 0 Å². The lowest BCUT2D eigenvalue weighted by Crippen LogP contribution is -2.39. The molecule has 0 radical (unpaired) electrons. The highest BCUT2D eigenvalue weighted by atomic mass is 16.4. The van der Waals surface area contributed by atoms with Gasteiger partial charge in [0.2, 0.25) is 5.91 Å². The van der Waals surface area contributed by atoms with Gasteiger partial charge in [-0.15, -0.1) is 0 Å². The number of carbonyl (C=O) groups is 2. The predicted molar refractivity (Wildman–Crippen MR) is 75.0 cm³/mol. The number of benzene rings is 1. The lowest BCUT2D eigenvalue weighted by atomic mass is 10.3. The molecule has 112 valence electrons. The molecular weight excluding hydrogens is 276 g/mol. The van der Waals surface area contributed by atoms with E-state index in [0.717, 1.165) is 0 Å². The van der Waals surface area contributed by atoms with Gasteiger partial charge in [-0.2, -0.15) is 0 Å². The molecule has 0 aliphatic carbocycles. The summed E-state index contributed by atoms with van der Waals surface area (Å²) in [6.07, 6.45) is 0.639. The number of carboxylic acid groups (broad SMARTS) is 1. The Bertz CT molecular complexity index is 715. The molecule has 0 spiro atoms. The van der Waals surface area contributed by atoms with Crippen LogP contribution in [0.25, 0.3) is 11.1 Å². The van der Waals surface area contributed by atoms with Gasteiger partial charge in [0, 0.05) is 6.54 Å². The summed E-state index contributed by atoms with van der Waals surface area (Å²) in [6, 6.07) is 6.78. The van der Waals surface area contributed by atoms with Gasteiger partial charge in [-0.25, -0.2) is 4.79 Å². The van der Waals surface area contributed by atoms with Gasteiger partial charge in [0.05, 0.1) is 5.52 Å². The number of oxazole rings is 1. The molecule has 0 saturated heterocycles. The van der Waals surface area contributed by atoms with Gasteiger partial charge < -0.3 is 14.4 Å². The number of hydrogen-bond donors (Lipinski definition) is 1. The molecule has 1 amide bonds. The van der Waals surface area contributed by atoms with E-state index in [1.165, 1.54) is 9.47 Å². The van der Waals surface area contributed by atoms with E-state index in [0.29, 0.717) is 24.1 Å². The zero-order valence-corrected chi connectivity index (χ0v) is 11.6. The van der Waals surface area contributed by atoms with E-state index in [-0.39, 0.29) is 13.1 Å². The molecule has 0 unspecified atom stereocenters. The fraction of sp³-hybridized carbons (Fsp3) is 0.357. The Morgan fingerprint density at radius 3 is 2.71 bits per heavy atom. The Balaban J connectivity index is 2.25. The molecule has 7 nitrogen and oxygen atoms in total. The second kappa shape index (κ2) is 6.25. The zero-order chi connectivity index (χ0) is 15.4. The fourth-order valence-corrected chi connectivity index (χ4v) is 2.12. The van der Waals surface area contributed by atoms with Crippen LogP contribution in [-0.4, -0.2) is 39.5 Å². The molecule has 7 heteroatoms. The van der Waals surface area contributed by atoms with Gasteiger partial charge in [0.1, 0.15) is 13.1 Å². The first-order valence-corrected chi connectivity index (χ1v) is 6.61. The first-order chi connectivity index (χ1) is 10.0. The van der Waals surface area contributed by atoms with Crippen LogP contribution in [0.2, 0.25) is 0 Å². The van der Waals surface area contributed by atoms with Gasteiger partial charge in [-0.3, -0.25) is 14.2 Å². The SMILES string of the molecule is CCCN(CC(=O)O)C(=O)Cn1c(=O)oc2ccccc21. The normalized spacial score (nSPS) is 10.7. The number of rotatable bonds is 6. The molecule has 0 atom stereocenters. The van der Waals surface area contributed by atoms with E-state index in [1.54, 1.807) is 24.3 Å². The van der Waals surface area contributed by atoms with E-state index >= 15 is 0 Å². The number of fused-ring (bicyclic) bond motifs is 1. The minimum absolute atomic E-state index is 0.233. The van der Waals surface area contributed by atoms with Gasteiger partial charge in [-0.1, -0.05) is 19.1 Å². The van der Waals surface area contributed by atoms with Gasteiger partial charge in [0.25, 0.3) is 0 Å². The molecule has 0 saturated carbocycles. The average molecular weight is 292 g/mol. The molecule has 0 fully saturated rings. The van der Waals surface area contributed by atoms with Crippen molar-refractivity contribution in [3.63, 3.8) is 0 Å². The minimum atomic E-state index is -1.08. The first kappa shape index (κ1) is 14.8. The number of nitrogens with zero attached hydrogens (tertiary/aromatic N) is 2. The highest BCUT2D eigenvalue weighted by Crippen LogP contribution is 2.12. The van der Waals surface area contributed by atoms with Crippen LogP contribution in [0.3, 0.4) is 0 Å². The molecule has 0 aliphatic heterocycles. The summed E-state index contributed by atoms with van der Waals surface area (Å²) < 4.78 is 6.25. The lowest BCUT2D eigenvalue weighted by Gasteiger charge is -2.19. The quantitative estimate of drug-likeness (QED) is 0.854. The van der Waals surface area contributed by atoms with Crippen LogP contribution in [-0.2, 0) is 16.1 Å². The van der Waals surface area contributed by atoms with Gasteiger partial charge in [0.15, 0.2) is 5.58 Å². The largest absolute Gasteiger partial charge is 0.480 e. The Labute approximate surface area is 120 Å². The second-order valence-corrected chi connectivity index (χ2v) is 4.63. The van der Waals surface area contributed by atoms with Crippen molar-refractivity contribution in [3.05, 3.63) is 34.8 Å². The molecule has 0 bridgehead atoms. The third-order valence-electron chi connectivity index (χ3n) is 3.04. The molecular formula is C14H16N2O5. The summed E-state index contributed by atoms with van der Waals surface area (Å²) in [7, 11) is 0. The van der Waals surface area contributed by atoms with Crippen LogP contribution in [0, 0.1) is 0 Å². The molecule has 21 heavy (non-hydrogen) atoms. The monoisotopic (exact) mass is 292 g/mol. The molecule has 1 aromatic carbocycles. The van der Waals surface area contributed by atoms with Crippen LogP contribution in [0.15, 0.2) is 33.5 Å². The van der Waals surface area contributed by atoms with Crippen molar-refractivity contribution in [3.8, 4) is 0 Å². The van der Waals surface area contributed by atoms with Crippen LogP contribution in [0.5, 0.6) is 0 Å². The van der Waals surface area contributed by atoms with E-state index in [9.17, 15) is 14.4 Å². The minimum Gasteiger partial charge on any atom is -0.480 e. The maximum atomic E-state index is 12.2. The lowest BCUT2D eigenvalue weighted by molar-refractivity contribution is -0.144. The molecule has 1 heterocycles. The number of aromatic nitrogens is 1. The highest BCUT2D eigenvalue weighted by molar-refractivity contribution is 5.82. The number of aliphatic carboxylic acids is 1. The number of carbonyl (C=O) groups excluding carboxylic acids is 1. The standard InChI is InChI=1S/C14H16N2O5/c1-2-7-15(9-13(18)19)12(17)8-16-10-5-3-4-6-11(10)21-14(16)20/h3-6H,2,7-9H2,1H3,(H,18,19). The molecule has 1 aromatic heterocycles. The summed E-state index contributed by atoms with van der Waals surface area (Å²) in [5.74, 6) is -2.13. The number of hydrogen-bond acceptors (Lipinski definition) is 4. The molecule has 2 aromatic rings. The van der Waals surface area contributed by atoms with Crippen molar-refractivity contribution in [2.24, 2.45) is 0 Å². The maximum Gasteiger partial charge on any atom is 0.420 e. The van der Waals surface area contributed by atoms with E-state index < -0.39 is 17.6 Å². The Hall–Kier alpha value is -2.57. The van der Waals surface area contributed by atoms with Crippen molar-refractivity contribution in [1.82, 2.24) is 9.47 Å². The smallest absolute Gasteiger partial charge is 0.420 e. The van der Waals surface area contributed by atoms with Gasteiger partial charge in [-0.05, 0) is 18.6 Å². The van der Waals surface area contributed by atoms with Crippen molar-refractivity contribution in [2.75, 3.05) is 13.1 Å². The van der Waals surface area contributed by atoms with E-state index in [1.807, 2.05) is 6.92 Å². The first-order valence-electron chi connectivity index (χ1n) is 6.61. The topological polar surface area (TPSA) is 92.8 Å². The summed E-state index contributed by atoms with van der Waals surface area (Å²) in [5.41, 5.74) is 0.915. The molecule has 1 N–H and O–H groups in total. The summed E-state index contributed by atoms with van der Waals surface area (Å²) in [6.45, 7) is 1.57. The van der Waals surface area contributed by atoms with Crippen molar-refractivity contribution < 1.29 is 19.1 Å². The van der Waals surface area contributed by atoms with Crippen LogP contribution in [0.1, 0.15) is 13.3 Å². The number of amides is 1. The Morgan fingerprint density at radius 2 is 2.05 bits per heavy atom. The Kier molecular flexibility index (Phi) is 4.42. The third-order valence-corrected chi connectivity index (χ3v) is 3.04. The van der Waals surface area contributed by atoms with E-state index in [4.69, 9.17) is 9.52 Å².